The van der Waals surface area contributed by atoms with E-state index < -0.39 is 11.8 Å². The van der Waals surface area contributed by atoms with Crippen LogP contribution in [0.5, 0.6) is 0 Å². The lowest BCUT2D eigenvalue weighted by atomic mass is 10.3. The Hall–Kier alpha value is -2.21. The molecule has 18 heavy (non-hydrogen) atoms. The van der Waals surface area contributed by atoms with Crippen molar-refractivity contribution in [1.82, 2.24) is 4.90 Å². The van der Waals surface area contributed by atoms with E-state index in [2.05, 4.69) is 5.32 Å². The number of carbonyl (C=O) groups excluding carboxylic acids is 2. The van der Waals surface area contributed by atoms with Gasteiger partial charge in [0.1, 0.15) is 11.5 Å². The highest BCUT2D eigenvalue weighted by molar-refractivity contribution is 6.17. The van der Waals surface area contributed by atoms with E-state index in [1.807, 2.05) is 0 Å². The summed E-state index contributed by atoms with van der Waals surface area (Å²) in [6.07, 6.45) is 1.15. The molecule has 2 rings (SSSR count). The molecule has 6 heteroatoms. The van der Waals surface area contributed by atoms with Gasteiger partial charge in [-0.3, -0.25) is 14.5 Å². The van der Waals surface area contributed by atoms with Gasteiger partial charge in [0.2, 0.25) is 0 Å². The number of imide groups is 1. The number of anilines is 1. The van der Waals surface area contributed by atoms with Gasteiger partial charge in [-0.05, 0) is 24.3 Å². The molecular formula is C12H11FN2O3. The third-order valence-corrected chi connectivity index (χ3v) is 2.46. The van der Waals surface area contributed by atoms with E-state index >= 15 is 0 Å². The molecule has 1 heterocycles. The number of rotatable bonds is 4. The van der Waals surface area contributed by atoms with Gasteiger partial charge in [0.15, 0.2) is 0 Å². The van der Waals surface area contributed by atoms with E-state index in [1.165, 1.54) is 24.3 Å². The van der Waals surface area contributed by atoms with Crippen molar-refractivity contribution >= 4 is 17.5 Å². The minimum atomic E-state index is -0.502. The number of aliphatic hydroxyl groups excluding tert-OH is 1. The Morgan fingerprint density at radius 1 is 1.22 bits per heavy atom. The van der Waals surface area contributed by atoms with Crippen LogP contribution in [-0.2, 0) is 9.59 Å². The fourth-order valence-electron chi connectivity index (χ4n) is 1.60. The van der Waals surface area contributed by atoms with Gasteiger partial charge in [-0.15, -0.1) is 0 Å². The molecule has 0 atom stereocenters. The maximum atomic E-state index is 12.7. The molecule has 2 N–H and O–H groups in total. The summed E-state index contributed by atoms with van der Waals surface area (Å²) in [5, 5.41) is 11.5. The number of carbonyl (C=O) groups is 2. The van der Waals surface area contributed by atoms with E-state index in [4.69, 9.17) is 5.11 Å². The van der Waals surface area contributed by atoms with Crippen LogP contribution in [0.1, 0.15) is 0 Å². The Morgan fingerprint density at radius 3 is 2.50 bits per heavy atom. The van der Waals surface area contributed by atoms with Crippen LogP contribution in [0, 0.1) is 5.82 Å². The minimum absolute atomic E-state index is 0.0389. The number of amides is 2. The average Bonchev–Trinajstić information content (AvgIpc) is 2.60. The number of nitrogens with one attached hydrogen (secondary N) is 1. The zero-order valence-corrected chi connectivity index (χ0v) is 9.39. The zero-order chi connectivity index (χ0) is 13.1. The number of β-amino-alcohol motifs (C(OH)–C–C–N with tert-alkyl or cyclic N) is 1. The Balaban J connectivity index is 2.11. The molecule has 0 fully saturated rings. The number of hydrogen-bond donors (Lipinski definition) is 2. The molecule has 2 amide bonds. The summed E-state index contributed by atoms with van der Waals surface area (Å²) in [7, 11) is 0. The summed E-state index contributed by atoms with van der Waals surface area (Å²) in [5.41, 5.74) is 0.620. The average molecular weight is 250 g/mol. The molecule has 0 unspecified atom stereocenters. The molecule has 0 spiro atoms. The van der Waals surface area contributed by atoms with Crippen molar-refractivity contribution in [1.29, 1.82) is 0 Å². The quantitative estimate of drug-likeness (QED) is 0.763. The second kappa shape index (κ2) is 4.97. The van der Waals surface area contributed by atoms with Crippen LogP contribution >= 0.6 is 0 Å². The van der Waals surface area contributed by atoms with Crippen LogP contribution in [0.25, 0.3) is 0 Å². The van der Waals surface area contributed by atoms with Gasteiger partial charge in [-0.25, -0.2) is 4.39 Å². The highest BCUT2D eigenvalue weighted by Gasteiger charge is 2.30. The lowest BCUT2D eigenvalue weighted by Crippen LogP contribution is -2.34. The number of halogens is 1. The monoisotopic (exact) mass is 250 g/mol. The SMILES string of the molecule is O=C1C=C(Nc2ccc(F)cc2)C(=O)N1CCO. The smallest absolute Gasteiger partial charge is 0.277 e. The highest BCUT2D eigenvalue weighted by Crippen LogP contribution is 2.17. The van der Waals surface area contributed by atoms with Crippen LogP contribution in [0.3, 0.4) is 0 Å². The molecule has 1 aliphatic heterocycles. The van der Waals surface area contributed by atoms with Gasteiger partial charge < -0.3 is 10.4 Å². The summed E-state index contributed by atoms with van der Waals surface area (Å²) in [6.45, 7) is -0.322. The molecule has 1 aliphatic rings. The van der Waals surface area contributed by atoms with Gasteiger partial charge in [-0.2, -0.15) is 0 Å². The minimum Gasteiger partial charge on any atom is -0.395 e. The molecule has 0 aliphatic carbocycles. The van der Waals surface area contributed by atoms with Crippen molar-refractivity contribution in [2.45, 2.75) is 0 Å². The van der Waals surface area contributed by atoms with Gasteiger partial charge >= 0.3 is 0 Å². The first-order chi connectivity index (χ1) is 8.61. The van der Waals surface area contributed by atoms with Gasteiger partial charge in [0.25, 0.3) is 11.8 Å². The van der Waals surface area contributed by atoms with Gasteiger partial charge in [0, 0.05) is 11.8 Å². The Labute approximate surface area is 103 Å². The summed E-state index contributed by atoms with van der Waals surface area (Å²) in [5.74, 6) is -1.36. The lowest BCUT2D eigenvalue weighted by Gasteiger charge is -2.13. The third kappa shape index (κ3) is 2.38. The Kier molecular flexibility index (Phi) is 3.38. The predicted molar refractivity (Wildman–Crippen MR) is 61.9 cm³/mol. The molecule has 0 bridgehead atoms. The first kappa shape index (κ1) is 12.3. The topological polar surface area (TPSA) is 69.6 Å². The fourth-order valence-corrected chi connectivity index (χ4v) is 1.60. The van der Waals surface area contributed by atoms with Crippen LogP contribution in [-0.4, -0.2) is 35.0 Å². The van der Waals surface area contributed by atoms with Crippen molar-refractivity contribution in [3.63, 3.8) is 0 Å². The maximum absolute atomic E-state index is 12.7. The Bertz CT molecular complexity index is 511. The first-order valence-electron chi connectivity index (χ1n) is 5.33. The van der Waals surface area contributed by atoms with E-state index in [-0.39, 0.29) is 24.7 Å². The van der Waals surface area contributed by atoms with Crippen molar-refractivity contribution in [2.75, 3.05) is 18.5 Å². The lowest BCUT2D eigenvalue weighted by molar-refractivity contribution is -0.137. The number of hydrogen-bond acceptors (Lipinski definition) is 4. The van der Waals surface area contributed by atoms with E-state index in [1.54, 1.807) is 0 Å². The molecule has 0 saturated carbocycles. The molecule has 0 aromatic heterocycles. The first-order valence-corrected chi connectivity index (χ1v) is 5.33. The zero-order valence-electron chi connectivity index (χ0n) is 9.39. The second-order valence-electron chi connectivity index (χ2n) is 3.71. The second-order valence-corrected chi connectivity index (χ2v) is 3.71. The van der Waals surface area contributed by atoms with Gasteiger partial charge in [0.05, 0.1) is 13.2 Å². The predicted octanol–water partition coefficient (Wildman–Crippen LogP) is 0.483. The van der Waals surface area contributed by atoms with E-state index in [0.29, 0.717) is 5.69 Å². The number of benzene rings is 1. The van der Waals surface area contributed by atoms with Crippen LogP contribution in [0.15, 0.2) is 36.0 Å². The molecule has 1 aromatic carbocycles. The maximum Gasteiger partial charge on any atom is 0.277 e. The van der Waals surface area contributed by atoms with Crippen molar-refractivity contribution in [3.8, 4) is 0 Å². The fraction of sp³-hybridized carbons (Fsp3) is 0.167. The van der Waals surface area contributed by atoms with Crippen molar-refractivity contribution in [2.24, 2.45) is 0 Å². The summed E-state index contributed by atoms with van der Waals surface area (Å²) in [6, 6.07) is 5.41. The van der Waals surface area contributed by atoms with Crippen molar-refractivity contribution in [3.05, 3.63) is 41.9 Å². The van der Waals surface area contributed by atoms with Crippen LogP contribution < -0.4 is 5.32 Å². The molecule has 94 valence electrons. The van der Waals surface area contributed by atoms with Crippen molar-refractivity contribution < 1.29 is 19.1 Å². The molecule has 1 aromatic rings. The standard InChI is InChI=1S/C12H11FN2O3/c13-8-1-3-9(4-2-8)14-10-7-11(17)15(5-6-16)12(10)18/h1-4,7,14,16H,5-6H2. The van der Waals surface area contributed by atoms with E-state index in [0.717, 1.165) is 11.0 Å². The highest BCUT2D eigenvalue weighted by atomic mass is 19.1. The number of aliphatic hydroxyl groups is 1. The molecule has 0 radical (unpaired) electrons. The summed E-state index contributed by atoms with van der Waals surface area (Å²) >= 11 is 0. The normalized spacial score (nSPS) is 15.0. The van der Waals surface area contributed by atoms with E-state index in [9.17, 15) is 14.0 Å². The van der Waals surface area contributed by atoms with Gasteiger partial charge in [-0.1, -0.05) is 0 Å². The van der Waals surface area contributed by atoms with Crippen LogP contribution in [0.2, 0.25) is 0 Å². The largest absolute Gasteiger partial charge is 0.395 e. The summed E-state index contributed by atoms with van der Waals surface area (Å²) < 4.78 is 12.7. The molecule has 5 nitrogen and oxygen atoms in total. The molecule has 0 saturated heterocycles. The summed E-state index contributed by atoms with van der Waals surface area (Å²) in [4.78, 5) is 24.1. The third-order valence-electron chi connectivity index (χ3n) is 2.46. The molecular weight excluding hydrogens is 239 g/mol. The Morgan fingerprint density at radius 2 is 1.89 bits per heavy atom. The number of nitrogens with zero attached hydrogens (tertiary/aromatic N) is 1. The van der Waals surface area contributed by atoms with Crippen LogP contribution in [0.4, 0.5) is 10.1 Å².